The Bertz CT molecular complexity index is 880. The van der Waals surface area contributed by atoms with Crippen LogP contribution in [0.4, 0.5) is 5.82 Å². The summed E-state index contributed by atoms with van der Waals surface area (Å²) in [6.45, 7) is 1.38. The topological polar surface area (TPSA) is 102 Å². The zero-order chi connectivity index (χ0) is 18.4. The second-order valence-electron chi connectivity index (χ2n) is 4.92. The van der Waals surface area contributed by atoms with Crippen molar-refractivity contribution in [1.29, 1.82) is 0 Å². The minimum atomic E-state index is -3.83. The van der Waals surface area contributed by atoms with E-state index in [9.17, 15) is 18.0 Å². The molecule has 0 amide bonds. The lowest BCUT2D eigenvalue weighted by molar-refractivity contribution is -0.109. The van der Waals surface area contributed by atoms with Crippen molar-refractivity contribution in [3.63, 3.8) is 0 Å². The summed E-state index contributed by atoms with van der Waals surface area (Å²) in [5.41, 5.74) is 0.304. The third-order valence-corrected chi connectivity index (χ3v) is 5.25. The number of hydrogen-bond acceptors (Lipinski definition) is 7. The second-order valence-corrected chi connectivity index (χ2v) is 7.75. The molecular weight excluding hydrogens is 364 g/mol. The van der Waals surface area contributed by atoms with Gasteiger partial charge in [-0.15, -0.1) is 0 Å². The Labute approximate surface area is 149 Å². The van der Waals surface area contributed by atoms with Gasteiger partial charge in [0.05, 0.1) is 17.8 Å². The number of ketones is 1. The maximum Gasteiger partial charge on any atom is 0.263 e. The first-order valence-corrected chi connectivity index (χ1v) is 9.58. The van der Waals surface area contributed by atoms with Gasteiger partial charge >= 0.3 is 0 Å². The summed E-state index contributed by atoms with van der Waals surface area (Å²) >= 11 is 0.910. The number of anilines is 1. The van der Waals surface area contributed by atoms with E-state index in [1.165, 1.54) is 44.5 Å². The van der Waals surface area contributed by atoms with Crippen LogP contribution in [0.25, 0.3) is 0 Å². The number of ether oxygens (including phenoxy) is 1. The molecule has 0 saturated carbocycles. The number of carbonyl (C=O) groups excluding carboxylic acids is 2. The Morgan fingerprint density at radius 3 is 2.60 bits per heavy atom. The van der Waals surface area contributed by atoms with Gasteiger partial charge in [0.1, 0.15) is 11.6 Å². The number of hydrogen-bond donors (Lipinski definition) is 1. The number of rotatable bonds is 7. The van der Waals surface area contributed by atoms with Gasteiger partial charge < -0.3 is 4.74 Å². The van der Waals surface area contributed by atoms with E-state index in [1.807, 2.05) is 0 Å². The smallest absolute Gasteiger partial charge is 0.263 e. The molecule has 0 radical (unpaired) electrons. The number of nitrogens with zero attached hydrogens (tertiary/aromatic N) is 1. The van der Waals surface area contributed by atoms with Gasteiger partial charge in [0.25, 0.3) is 10.0 Å². The molecule has 2 rings (SSSR count). The van der Waals surface area contributed by atoms with E-state index in [0.717, 1.165) is 11.8 Å². The first-order chi connectivity index (χ1) is 11.8. The molecule has 2 aromatic rings. The maximum atomic E-state index is 12.4. The van der Waals surface area contributed by atoms with Crippen LogP contribution in [0.2, 0.25) is 0 Å². The number of sulfonamides is 1. The van der Waals surface area contributed by atoms with E-state index in [0.29, 0.717) is 11.3 Å². The number of aromatic nitrogens is 1. The van der Waals surface area contributed by atoms with Crippen LogP contribution < -0.4 is 9.46 Å². The van der Waals surface area contributed by atoms with Gasteiger partial charge in [-0.3, -0.25) is 14.3 Å². The minimum absolute atomic E-state index is 0.0197. The molecule has 7 nitrogen and oxygen atoms in total. The van der Waals surface area contributed by atoms with Gasteiger partial charge in [0.15, 0.2) is 10.9 Å². The fourth-order valence-corrected chi connectivity index (χ4v) is 3.38. The number of methoxy groups -OCH3 is 1. The molecule has 0 fully saturated rings. The van der Waals surface area contributed by atoms with E-state index >= 15 is 0 Å². The monoisotopic (exact) mass is 380 g/mol. The van der Waals surface area contributed by atoms with Crippen molar-refractivity contribution in [1.82, 2.24) is 4.98 Å². The van der Waals surface area contributed by atoms with E-state index in [-0.39, 0.29) is 27.4 Å². The molecule has 9 heteroatoms. The van der Waals surface area contributed by atoms with Crippen molar-refractivity contribution < 1.29 is 22.7 Å². The molecular formula is C16H16N2O5S2. The van der Waals surface area contributed by atoms with Gasteiger partial charge in [-0.1, -0.05) is 17.8 Å². The van der Waals surface area contributed by atoms with E-state index in [2.05, 4.69) is 9.71 Å². The summed E-state index contributed by atoms with van der Waals surface area (Å²) in [4.78, 5) is 26.7. The molecule has 0 unspecified atom stereocenters. The van der Waals surface area contributed by atoms with Crippen molar-refractivity contribution in [2.45, 2.75) is 11.8 Å². The summed E-state index contributed by atoms with van der Waals surface area (Å²) < 4.78 is 32.1. The largest absolute Gasteiger partial charge is 0.497 e. The first kappa shape index (κ1) is 18.9. The molecule has 132 valence electrons. The number of Topliss-reactive ketones (excluding diaryl/α,β-unsaturated/α-hetero) is 1. The highest BCUT2D eigenvalue weighted by Crippen LogP contribution is 2.19. The number of thioether (sulfide) groups is 1. The third-order valence-electron chi connectivity index (χ3n) is 3.08. The van der Waals surface area contributed by atoms with Gasteiger partial charge in [0, 0.05) is 24.8 Å². The number of pyridine rings is 1. The Balaban J connectivity index is 2.12. The Morgan fingerprint density at radius 1 is 1.24 bits per heavy atom. The summed E-state index contributed by atoms with van der Waals surface area (Å²) in [6, 6.07) is 8.87. The minimum Gasteiger partial charge on any atom is -0.497 e. The SMILES string of the molecule is COc1cccc(S(=O)(=O)Nc2ccc(C(=O)CSC(C)=O)cn2)c1. The van der Waals surface area contributed by atoms with Crippen LogP contribution in [-0.2, 0) is 14.8 Å². The lowest BCUT2D eigenvalue weighted by Gasteiger charge is -2.09. The Hall–Kier alpha value is -2.39. The zero-order valence-corrected chi connectivity index (χ0v) is 15.2. The standard InChI is InChI=1S/C16H16N2O5S2/c1-11(19)24-10-15(20)12-6-7-16(17-9-12)18-25(21,22)14-5-3-4-13(8-14)23-2/h3-9H,10H2,1-2H3,(H,17,18). The Morgan fingerprint density at radius 2 is 2.00 bits per heavy atom. The molecule has 0 aliphatic heterocycles. The molecule has 0 aliphatic rings. The molecule has 0 bridgehead atoms. The summed E-state index contributed by atoms with van der Waals surface area (Å²) in [7, 11) is -2.38. The average Bonchev–Trinajstić information content (AvgIpc) is 2.60. The molecule has 0 spiro atoms. The van der Waals surface area contributed by atoms with Crippen molar-refractivity contribution in [3.05, 3.63) is 48.2 Å². The fraction of sp³-hybridized carbons (Fsp3) is 0.188. The highest BCUT2D eigenvalue weighted by Gasteiger charge is 2.16. The molecule has 25 heavy (non-hydrogen) atoms. The van der Waals surface area contributed by atoms with Gasteiger partial charge in [0.2, 0.25) is 0 Å². The van der Waals surface area contributed by atoms with E-state index in [4.69, 9.17) is 4.74 Å². The van der Waals surface area contributed by atoms with Crippen LogP contribution in [0.1, 0.15) is 17.3 Å². The predicted molar refractivity (Wildman–Crippen MR) is 95.5 cm³/mol. The molecule has 1 N–H and O–H groups in total. The first-order valence-electron chi connectivity index (χ1n) is 7.11. The molecule has 0 saturated heterocycles. The summed E-state index contributed by atoms with van der Waals surface area (Å²) in [6.07, 6.45) is 1.27. The van der Waals surface area contributed by atoms with E-state index < -0.39 is 10.0 Å². The molecule has 0 atom stereocenters. The third kappa shape index (κ3) is 5.30. The summed E-state index contributed by atoms with van der Waals surface area (Å²) in [5.74, 6) is 0.263. The molecule has 1 aromatic heterocycles. The van der Waals surface area contributed by atoms with Crippen LogP contribution in [0.5, 0.6) is 5.75 Å². The summed E-state index contributed by atoms with van der Waals surface area (Å²) in [5, 5.41) is -0.149. The van der Waals surface area contributed by atoms with Crippen LogP contribution >= 0.6 is 11.8 Å². The van der Waals surface area contributed by atoms with Crippen molar-refractivity contribution in [3.8, 4) is 5.75 Å². The van der Waals surface area contributed by atoms with E-state index in [1.54, 1.807) is 12.1 Å². The normalized spacial score (nSPS) is 11.0. The quantitative estimate of drug-likeness (QED) is 0.736. The van der Waals surface area contributed by atoms with Gasteiger partial charge in [-0.05, 0) is 24.3 Å². The number of carbonyl (C=O) groups is 2. The van der Waals surface area contributed by atoms with Crippen LogP contribution in [-0.4, -0.2) is 37.2 Å². The highest BCUT2D eigenvalue weighted by atomic mass is 32.2. The molecule has 0 aliphatic carbocycles. The zero-order valence-electron chi connectivity index (χ0n) is 13.6. The van der Waals surface area contributed by atoms with Gasteiger partial charge in [-0.25, -0.2) is 13.4 Å². The van der Waals surface area contributed by atoms with Crippen molar-refractivity contribution >= 4 is 38.5 Å². The number of benzene rings is 1. The molecule has 1 aromatic carbocycles. The average molecular weight is 380 g/mol. The van der Waals surface area contributed by atoms with Crippen LogP contribution in [0.15, 0.2) is 47.5 Å². The fourth-order valence-electron chi connectivity index (χ4n) is 1.83. The van der Waals surface area contributed by atoms with Crippen molar-refractivity contribution in [2.75, 3.05) is 17.6 Å². The molecule has 1 heterocycles. The van der Waals surface area contributed by atoms with Crippen LogP contribution in [0.3, 0.4) is 0 Å². The number of nitrogens with one attached hydrogen (secondary N) is 1. The highest BCUT2D eigenvalue weighted by molar-refractivity contribution is 8.14. The predicted octanol–water partition coefficient (Wildman–Crippen LogP) is 2.35. The van der Waals surface area contributed by atoms with Gasteiger partial charge in [-0.2, -0.15) is 0 Å². The van der Waals surface area contributed by atoms with Crippen molar-refractivity contribution in [2.24, 2.45) is 0 Å². The maximum absolute atomic E-state index is 12.4. The lowest BCUT2D eigenvalue weighted by Crippen LogP contribution is -2.14. The lowest BCUT2D eigenvalue weighted by atomic mass is 10.2. The second kappa shape index (κ2) is 8.13. The van der Waals surface area contributed by atoms with Crippen LogP contribution in [0, 0.1) is 0 Å². The Kier molecular flexibility index (Phi) is 6.16.